The summed E-state index contributed by atoms with van der Waals surface area (Å²) in [6.45, 7) is 14.6. The van der Waals surface area contributed by atoms with E-state index in [1.165, 1.54) is 5.57 Å². The van der Waals surface area contributed by atoms with Crippen molar-refractivity contribution in [3.8, 4) is 33.4 Å². The molecule has 3 heterocycles. The highest BCUT2D eigenvalue weighted by Gasteiger charge is 2.24. The normalized spacial score (nSPS) is 15.6. The zero-order valence-electron chi connectivity index (χ0n) is 37.7. The second-order valence-electron chi connectivity index (χ2n) is 17.1. The number of aromatic nitrogens is 3. The van der Waals surface area contributed by atoms with E-state index in [1.54, 1.807) is 0 Å². The fourth-order valence-electron chi connectivity index (χ4n) is 7.58. The summed E-state index contributed by atoms with van der Waals surface area (Å²) in [5, 5.41) is 0. The lowest BCUT2D eigenvalue weighted by atomic mass is 9.82. The number of H-pyrrole nitrogens is 3. The molecule has 0 aliphatic heterocycles. The van der Waals surface area contributed by atoms with Gasteiger partial charge in [0.2, 0.25) is 0 Å². The van der Waals surface area contributed by atoms with Crippen LogP contribution in [-0.2, 0) is 0 Å². The van der Waals surface area contributed by atoms with Crippen molar-refractivity contribution < 1.29 is 0 Å². The molecule has 0 saturated carbocycles. The third-order valence-electron chi connectivity index (χ3n) is 11.2. The number of allylic oxidation sites excluding steroid dienone is 6. The molecule has 3 aromatic heterocycles. The van der Waals surface area contributed by atoms with Crippen molar-refractivity contribution in [1.82, 2.24) is 15.0 Å². The Morgan fingerprint density at radius 2 is 0.953 bits per heavy atom. The van der Waals surface area contributed by atoms with Gasteiger partial charge in [0.25, 0.3) is 0 Å². The highest BCUT2D eigenvalue weighted by Crippen LogP contribution is 2.43. The van der Waals surface area contributed by atoms with Crippen LogP contribution in [-0.4, -0.2) is 45.3 Å². The van der Waals surface area contributed by atoms with Gasteiger partial charge in [-0.2, -0.15) is 0 Å². The summed E-state index contributed by atoms with van der Waals surface area (Å²) in [7, 11) is 0. The van der Waals surface area contributed by atoms with Gasteiger partial charge in [0.05, 0.1) is 52.1 Å². The van der Waals surface area contributed by atoms with E-state index < -0.39 is 0 Å². The smallest absolute Gasteiger partial charge is 0.0798 e. The largest absolute Gasteiger partial charge is 0.358 e. The van der Waals surface area contributed by atoms with E-state index in [9.17, 15) is 0 Å². The van der Waals surface area contributed by atoms with Crippen LogP contribution in [0.2, 0.25) is 0 Å². The number of nitrogens with one attached hydrogen (secondary N) is 3. The molecule has 1 unspecified atom stereocenters. The first-order valence-corrected chi connectivity index (χ1v) is 21.8. The lowest BCUT2D eigenvalue weighted by Crippen LogP contribution is -2.20. The number of hydrogen-bond donors (Lipinski definition) is 3. The SMILES string of the molecule is CC(C)=C/C=C(\C)C=Nc1ccc(-c2cc(-c3ccc(N=Cc4ccc(C)[nH]4)cc3)c(C3=CCC(C)(N=Cc4ccc(C)[nH]4)C=C3)cc2-c2ccc(N=Cc3ccc(C)[nH]3)cc2)cc1. The fraction of sp³-hybridized carbons (Fsp3) is 0.158. The van der Waals surface area contributed by atoms with Gasteiger partial charge in [-0.25, -0.2) is 0 Å². The molecular weight excluding hydrogens is 783 g/mol. The molecule has 4 aromatic carbocycles. The maximum atomic E-state index is 5.03. The Hall–Kier alpha value is -7.64. The van der Waals surface area contributed by atoms with Crippen LogP contribution in [0.5, 0.6) is 0 Å². The first kappa shape index (κ1) is 43.0. The number of nitrogens with zero attached hydrogens (tertiary/aromatic N) is 4. The Labute approximate surface area is 377 Å². The van der Waals surface area contributed by atoms with Crippen molar-refractivity contribution in [1.29, 1.82) is 0 Å². The van der Waals surface area contributed by atoms with Gasteiger partial charge in [-0.3, -0.25) is 20.0 Å². The topological polar surface area (TPSA) is 96.8 Å². The lowest BCUT2D eigenvalue weighted by Gasteiger charge is -2.25. The Morgan fingerprint density at radius 3 is 1.38 bits per heavy atom. The number of hydrogen-bond acceptors (Lipinski definition) is 4. The monoisotopic (exact) mass is 837 g/mol. The summed E-state index contributed by atoms with van der Waals surface area (Å²) >= 11 is 0. The average Bonchev–Trinajstić information content (AvgIpc) is 4.06. The average molecular weight is 838 g/mol. The molecule has 0 radical (unpaired) electrons. The maximum Gasteiger partial charge on any atom is 0.0798 e. The predicted molar refractivity (Wildman–Crippen MR) is 273 cm³/mol. The number of aliphatic imine (C=N–C) groups is 4. The number of aryl methyl sites for hydroxylation is 3. The van der Waals surface area contributed by atoms with Crippen LogP contribution in [0.1, 0.15) is 73.8 Å². The highest BCUT2D eigenvalue weighted by molar-refractivity contribution is 5.96. The maximum absolute atomic E-state index is 5.03. The number of rotatable bonds is 13. The van der Waals surface area contributed by atoms with E-state index in [0.29, 0.717) is 0 Å². The summed E-state index contributed by atoms with van der Waals surface area (Å²) in [5.74, 6) is 0. The van der Waals surface area contributed by atoms with E-state index in [4.69, 9.17) is 20.0 Å². The Kier molecular flexibility index (Phi) is 12.9. The third-order valence-corrected chi connectivity index (χ3v) is 11.2. The lowest BCUT2D eigenvalue weighted by molar-refractivity contribution is 0.597. The van der Waals surface area contributed by atoms with Crippen LogP contribution >= 0.6 is 0 Å². The minimum absolute atomic E-state index is 0.373. The minimum atomic E-state index is -0.373. The molecule has 7 aromatic rings. The van der Waals surface area contributed by atoms with Crippen molar-refractivity contribution in [3.63, 3.8) is 0 Å². The molecule has 1 aliphatic carbocycles. The zero-order valence-corrected chi connectivity index (χ0v) is 37.7. The Morgan fingerprint density at radius 1 is 0.516 bits per heavy atom. The fourth-order valence-corrected chi connectivity index (χ4v) is 7.58. The Balaban J connectivity index is 1.22. The summed E-state index contributed by atoms with van der Waals surface area (Å²) in [4.78, 5) is 29.4. The standard InChI is InChI=1S/C57H55N7/c1-38(2)8-9-39(3)34-58-47-22-13-43(14-23-47)53-32-55(45-17-26-49(27-18-45)60-36-51-20-11-41(5)63-51)56(46-28-30-57(7,31-29-46)61-37-52-21-12-42(6)64-52)33-54(53)44-15-24-48(25-16-44)59-35-50-19-10-40(4)62-50/h8-30,32-37,62-64H,31H2,1-7H3/b39-9+,58-34?,59-35?,60-36?,61-37?. The van der Waals surface area contributed by atoms with E-state index in [0.717, 1.165) is 108 Å². The molecule has 1 aliphatic rings. The second-order valence-corrected chi connectivity index (χ2v) is 17.1. The van der Waals surface area contributed by atoms with E-state index in [-0.39, 0.29) is 5.54 Å². The quantitative estimate of drug-likeness (QED) is 0.0762. The van der Waals surface area contributed by atoms with Gasteiger partial charge >= 0.3 is 0 Å². The van der Waals surface area contributed by atoms with Crippen LogP contribution in [0, 0.1) is 20.8 Å². The summed E-state index contributed by atoms with van der Waals surface area (Å²) in [6, 6.07) is 42.6. The van der Waals surface area contributed by atoms with Crippen LogP contribution in [0.3, 0.4) is 0 Å². The molecule has 1 atom stereocenters. The zero-order chi connectivity index (χ0) is 44.6. The van der Waals surface area contributed by atoms with Gasteiger partial charge in [-0.05, 0) is 190 Å². The molecule has 7 nitrogen and oxygen atoms in total. The van der Waals surface area contributed by atoms with Gasteiger partial charge in [-0.1, -0.05) is 72.4 Å². The Bertz CT molecular complexity index is 3000. The van der Waals surface area contributed by atoms with Gasteiger partial charge in [0.1, 0.15) is 0 Å². The van der Waals surface area contributed by atoms with Crippen molar-refractivity contribution in [2.24, 2.45) is 20.0 Å². The minimum Gasteiger partial charge on any atom is -0.358 e. The van der Waals surface area contributed by atoms with Gasteiger partial charge < -0.3 is 15.0 Å². The van der Waals surface area contributed by atoms with Crippen molar-refractivity contribution in [2.45, 2.75) is 60.4 Å². The molecule has 0 bridgehead atoms. The van der Waals surface area contributed by atoms with Gasteiger partial charge in [-0.15, -0.1) is 0 Å². The van der Waals surface area contributed by atoms with Crippen molar-refractivity contribution in [3.05, 3.63) is 203 Å². The first-order chi connectivity index (χ1) is 30.9. The number of aromatic amines is 3. The molecule has 0 fully saturated rings. The summed E-state index contributed by atoms with van der Waals surface area (Å²) in [5.41, 5.74) is 19.9. The van der Waals surface area contributed by atoms with E-state index >= 15 is 0 Å². The molecule has 0 amide bonds. The van der Waals surface area contributed by atoms with E-state index in [2.05, 4.69) is 189 Å². The second kappa shape index (κ2) is 19.2. The third kappa shape index (κ3) is 10.9. The van der Waals surface area contributed by atoms with Gasteiger partial charge in [0, 0.05) is 29.5 Å². The summed E-state index contributed by atoms with van der Waals surface area (Å²) < 4.78 is 0. The van der Waals surface area contributed by atoms with Crippen LogP contribution in [0.15, 0.2) is 183 Å². The molecule has 0 spiro atoms. The van der Waals surface area contributed by atoms with Crippen LogP contribution < -0.4 is 0 Å². The van der Waals surface area contributed by atoms with Gasteiger partial charge in [0.15, 0.2) is 0 Å². The molecular formula is C57H55N7. The predicted octanol–water partition coefficient (Wildman–Crippen LogP) is 14.9. The van der Waals surface area contributed by atoms with Crippen molar-refractivity contribution >= 4 is 47.5 Å². The molecule has 64 heavy (non-hydrogen) atoms. The molecule has 8 rings (SSSR count). The molecule has 318 valence electrons. The van der Waals surface area contributed by atoms with Crippen LogP contribution in [0.4, 0.5) is 17.1 Å². The highest BCUT2D eigenvalue weighted by atomic mass is 14.9. The summed E-state index contributed by atoms with van der Waals surface area (Å²) in [6.07, 6.45) is 19.4. The molecule has 7 heteroatoms. The van der Waals surface area contributed by atoms with Crippen molar-refractivity contribution in [2.75, 3.05) is 0 Å². The van der Waals surface area contributed by atoms with Crippen LogP contribution in [0.25, 0.3) is 39.0 Å². The molecule has 3 N–H and O–H groups in total. The van der Waals surface area contributed by atoms with E-state index in [1.807, 2.05) is 50.8 Å². The number of benzene rings is 4. The molecule has 0 saturated heterocycles. The first-order valence-electron chi connectivity index (χ1n) is 21.8.